The molecular formula is C11H22N2O3. The minimum absolute atomic E-state index is 0.0148. The molecule has 0 radical (unpaired) electrons. The molecule has 0 spiro atoms. The summed E-state index contributed by atoms with van der Waals surface area (Å²) in [6, 6.07) is -0.155. The molecule has 1 fully saturated rings. The van der Waals surface area contributed by atoms with Crippen LogP contribution in [0.15, 0.2) is 0 Å². The average Bonchev–Trinajstić information content (AvgIpc) is 2.67. The van der Waals surface area contributed by atoms with Crippen LogP contribution >= 0.6 is 0 Å². The summed E-state index contributed by atoms with van der Waals surface area (Å²) in [7, 11) is 0. The number of likely N-dealkylation sites (tertiary alicyclic amines) is 1. The van der Waals surface area contributed by atoms with Crippen molar-refractivity contribution >= 4 is 5.91 Å². The molecule has 1 unspecified atom stereocenters. The maximum Gasteiger partial charge on any atom is 0.240 e. The van der Waals surface area contributed by atoms with Crippen LogP contribution in [0.3, 0.4) is 0 Å². The first kappa shape index (κ1) is 13.4. The predicted octanol–water partition coefficient (Wildman–Crippen LogP) is -0.670. The van der Waals surface area contributed by atoms with Gasteiger partial charge in [-0.25, -0.2) is 0 Å². The van der Waals surface area contributed by atoms with E-state index in [9.17, 15) is 15.0 Å². The second-order valence-electron chi connectivity index (χ2n) is 4.60. The zero-order valence-corrected chi connectivity index (χ0v) is 10.1. The lowest BCUT2D eigenvalue weighted by Crippen LogP contribution is -2.54. The standard InChI is InChI=1S/C11H22N2O3/c1-3-5-12-9-4-6-13(10(9)16)11(2,7-14)8-15/h9,12,14-15H,3-8H2,1-2H3. The van der Waals surface area contributed by atoms with Gasteiger partial charge in [0.1, 0.15) is 0 Å². The molecule has 0 aromatic heterocycles. The lowest BCUT2D eigenvalue weighted by Gasteiger charge is -2.35. The third-order valence-corrected chi connectivity index (χ3v) is 3.18. The summed E-state index contributed by atoms with van der Waals surface area (Å²) in [4.78, 5) is 13.6. The summed E-state index contributed by atoms with van der Waals surface area (Å²) in [6.07, 6.45) is 1.73. The summed E-state index contributed by atoms with van der Waals surface area (Å²) in [5.41, 5.74) is -0.834. The number of nitrogens with one attached hydrogen (secondary N) is 1. The van der Waals surface area contributed by atoms with Crippen molar-refractivity contribution in [1.82, 2.24) is 10.2 Å². The van der Waals surface area contributed by atoms with Gasteiger partial charge in [-0.15, -0.1) is 0 Å². The Kier molecular flexibility index (Phi) is 4.70. The largest absolute Gasteiger partial charge is 0.394 e. The highest BCUT2D eigenvalue weighted by molar-refractivity contribution is 5.84. The fourth-order valence-electron chi connectivity index (χ4n) is 1.94. The smallest absolute Gasteiger partial charge is 0.240 e. The predicted molar refractivity (Wildman–Crippen MR) is 61.0 cm³/mol. The maximum atomic E-state index is 12.0. The lowest BCUT2D eigenvalue weighted by molar-refractivity contribution is -0.137. The van der Waals surface area contributed by atoms with Gasteiger partial charge in [0, 0.05) is 6.54 Å². The second-order valence-corrected chi connectivity index (χ2v) is 4.60. The molecule has 94 valence electrons. The van der Waals surface area contributed by atoms with Crippen molar-refractivity contribution in [1.29, 1.82) is 0 Å². The second kappa shape index (κ2) is 5.61. The summed E-state index contributed by atoms with van der Waals surface area (Å²) in [5.74, 6) is -0.0148. The third kappa shape index (κ3) is 2.53. The molecule has 5 heteroatoms. The Morgan fingerprint density at radius 3 is 2.62 bits per heavy atom. The summed E-state index contributed by atoms with van der Waals surface area (Å²) in [6.45, 7) is 4.74. The van der Waals surface area contributed by atoms with E-state index in [2.05, 4.69) is 12.2 Å². The van der Waals surface area contributed by atoms with Crippen LogP contribution in [-0.2, 0) is 4.79 Å². The highest BCUT2D eigenvalue weighted by Crippen LogP contribution is 2.22. The van der Waals surface area contributed by atoms with Gasteiger partial charge in [0.2, 0.25) is 5.91 Å². The van der Waals surface area contributed by atoms with Crippen LogP contribution in [0.2, 0.25) is 0 Å². The monoisotopic (exact) mass is 230 g/mol. The van der Waals surface area contributed by atoms with Crippen molar-refractivity contribution < 1.29 is 15.0 Å². The molecule has 0 aromatic rings. The Morgan fingerprint density at radius 1 is 1.50 bits per heavy atom. The number of aliphatic hydroxyl groups excluding tert-OH is 2. The van der Waals surface area contributed by atoms with Crippen LogP contribution in [0.1, 0.15) is 26.7 Å². The van der Waals surface area contributed by atoms with E-state index in [4.69, 9.17) is 0 Å². The van der Waals surface area contributed by atoms with E-state index in [-0.39, 0.29) is 25.2 Å². The van der Waals surface area contributed by atoms with Crippen molar-refractivity contribution in [2.45, 2.75) is 38.3 Å². The molecule has 1 amide bonds. The van der Waals surface area contributed by atoms with Gasteiger partial charge in [-0.05, 0) is 26.3 Å². The van der Waals surface area contributed by atoms with Crippen LogP contribution in [0.4, 0.5) is 0 Å². The summed E-state index contributed by atoms with van der Waals surface area (Å²) in [5, 5.41) is 21.7. The normalized spacial score (nSPS) is 21.9. The molecule has 0 aromatic carbocycles. The Morgan fingerprint density at radius 2 is 2.12 bits per heavy atom. The number of rotatable bonds is 6. The molecule has 16 heavy (non-hydrogen) atoms. The highest BCUT2D eigenvalue weighted by Gasteiger charge is 2.41. The topological polar surface area (TPSA) is 72.8 Å². The van der Waals surface area contributed by atoms with Crippen molar-refractivity contribution in [3.05, 3.63) is 0 Å². The number of aliphatic hydroxyl groups is 2. The number of carbonyl (C=O) groups excluding carboxylic acids is 1. The van der Waals surface area contributed by atoms with Crippen LogP contribution in [-0.4, -0.2) is 58.9 Å². The van der Waals surface area contributed by atoms with Gasteiger partial charge in [-0.2, -0.15) is 0 Å². The molecule has 0 saturated carbocycles. The first-order valence-corrected chi connectivity index (χ1v) is 5.85. The first-order valence-electron chi connectivity index (χ1n) is 5.85. The number of nitrogens with zero attached hydrogens (tertiary/aromatic N) is 1. The van der Waals surface area contributed by atoms with Crippen LogP contribution in [0.25, 0.3) is 0 Å². The molecule has 1 heterocycles. The number of hydrogen-bond donors (Lipinski definition) is 3. The van der Waals surface area contributed by atoms with E-state index >= 15 is 0 Å². The van der Waals surface area contributed by atoms with Gasteiger partial charge in [0.25, 0.3) is 0 Å². The van der Waals surface area contributed by atoms with Crippen LogP contribution < -0.4 is 5.32 Å². The zero-order chi connectivity index (χ0) is 12.2. The first-order chi connectivity index (χ1) is 7.59. The van der Waals surface area contributed by atoms with Crippen molar-refractivity contribution in [2.75, 3.05) is 26.3 Å². The Bertz CT molecular complexity index is 241. The van der Waals surface area contributed by atoms with E-state index in [1.54, 1.807) is 11.8 Å². The van der Waals surface area contributed by atoms with Crippen LogP contribution in [0, 0.1) is 0 Å². The average molecular weight is 230 g/mol. The van der Waals surface area contributed by atoms with Crippen molar-refractivity contribution in [2.24, 2.45) is 0 Å². The molecule has 1 aliphatic heterocycles. The highest BCUT2D eigenvalue weighted by atomic mass is 16.3. The molecule has 1 atom stereocenters. The fraction of sp³-hybridized carbons (Fsp3) is 0.909. The third-order valence-electron chi connectivity index (χ3n) is 3.18. The number of amides is 1. The van der Waals surface area contributed by atoms with Crippen molar-refractivity contribution in [3.8, 4) is 0 Å². The Labute approximate surface area is 96.4 Å². The molecule has 3 N–H and O–H groups in total. The quantitative estimate of drug-likeness (QED) is 0.566. The van der Waals surface area contributed by atoms with Gasteiger partial charge in [-0.1, -0.05) is 6.92 Å². The van der Waals surface area contributed by atoms with Crippen LogP contribution in [0.5, 0.6) is 0 Å². The van der Waals surface area contributed by atoms with E-state index in [1.807, 2.05) is 0 Å². The molecule has 0 aliphatic carbocycles. The number of hydrogen-bond acceptors (Lipinski definition) is 4. The van der Waals surface area contributed by atoms with Gasteiger partial charge in [0.15, 0.2) is 0 Å². The SMILES string of the molecule is CCCNC1CCN(C(C)(CO)CO)C1=O. The number of carbonyl (C=O) groups is 1. The zero-order valence-electron chi connectivity index (χ0n) is 10.1. The molecule has 0 bridgehead atoms. The van der Waals surface area contributed by atoms with Gasteiger partial charge < -0.3 is 20.4 Å². The lowest BCUT2D eigenvalue weighted by atomic mass is 10.0. The van der Waals surface area contributed by atoms with E-state index in [0.29, 0.717) is 6.54 Å². The minimum atomic E-state index is -0.834. The van der Waals surface area contributed by atoms with E-state index < -0.39 is 5.54 Å². The van der Waals surface area contributed by atoms with E-state index in [1.165, 1.54) is 0 Å². The molecule has 1 saturated heterocycles. The Hall–Kier alpha value is -0.650. The minimum Gasteiger partial charge on any atom is -0.394 e. The summed E-state index contributed by atoms with van der Waals surface area (Å²) >= 11 is 0. The van der Waals surface area contributed by atoms with Gasteiger partial charge in [0.05, 0.1) is 24.8 Å². The molecule has 1 aliphatic rings. The Balaban J connectivity index is 2.62. The maximum absolute atomic E-state index is 12.0. The van der Waals surface area contributed by atoms with Crippen molar-refractivity contribution in [3.63, 3.8) is 0 Å². The summed E-state index contributed by atoms with van der Waals surface area (Å²) < 4.78 is 0. The van der Waals surface area contributed by atoms with Gasteiger partial charge in [-0.3, -0.25) is 4.79 Å². The molecule has 5 nitrogen and oxygen atoms in total. The fourth-order valence-corrected chi connectivity index (χ4v) is 1.94. The molecule has 1 rings (SSSR count). The van der Waals surface area contributed by atoms with E-state index in [0.717, 1.165) is 19.4 Å². The van der Waals surface area contributed by atoms with Gasteiger partial charge >= 0.3 is 0 Å². The molecular weight excluding hydrogens is 208 g/mol.